The highest BCUT2D eigenvalue weighted by atomic mass is 35.5. The van der Waals surface area contributed by atoms with Crippen molar-refractivity contribution >= 4 is 29.8 Å². The van der Waals surface area contributed by atoms with E-state index in [1.807, 2.05) is 20.8 Å². The van der Waals surface area contributed by atoms with Crippen molar-refractivity contribution in [1.29, 1.82) is 0 Å². The van der Waals surface area contributed by atoms with Gasteiger partial charge in [-0.15, -0.1) is 12.4 Å². The number of carbonyl (C=O) groups is 2. The average Bonchev–Trinajstić information content (AvgIpc) is 2.47. The summed E-state index contributed by atoms with van der Waals surface area (Å²) >= 11 is 0. The van der Waals surface area contributed by atoms with E-state index in [0.717, 1.165) is 6.54 Å². The lowest BCUT2D eigenvalue weighted by Gasteiger charge is -2.23. The van der Waals surface area contributed by atoms with Gasteiger partial charge in [0.05, 0.1) is 13.2 Å². The van der Waals surface area contributed by atoms with Crippen LogP contribution in [0.25, 0.3) is 0 Å². The molecule has 1 saturated heterocycles. The quantitative estimate of drug-likeness (QED) is 0.827. The van der Waals surface area contributed by atoms with Crippen LogP contribution in [0.15, 0.2) is 24.3 Å². The first-order chi connectivity index (χ1) is 10.4. The fraction of sp³-hybridized carbons (Fsp3) is 0.529. The number of rotatable bonds is 4. The topological polar surface area (TPSA) is 67.4 Å². The minimum absolute atomic E-state index is 0. The number of carbonyl (C=O) groups excluding carboxylic acids is 2. The molecule has 128 valence electrons. The minimum atomic E-state index is -0.405. The van der Waals surface area contributed by atoms with Crippen LogP contribution in [0, 0.1) is 5.41 Å². The molecule has 1 aliphatic rings. The Balaban J connectivity index is 0.00000264. The number of nitrogens with one attached hydrogen (secondary N) is 2. The molecule has 1 amide bonds. The van der Waals surface area contributed by atoms with Gasteiger partial charge in [0.1, 0.15) is 0 Å². The molecule has 1 atom stereocenters. The SMILES string of the molecule is CC(C)(C)C(=O)c1ccc(NC(=O)CC2COCCN2)cc1.Cl. The lowest BCUT2D eigenvalue weighted by Crippen LogP contribution is -2.43. The first-order valence-electron chi connectivity index (χ1n) is 7.62. The van der Waals surface area contributed by atoms with Gasteiger partial charge in [0.15, 0.2) is 5.78 Å². The van der Waals surface area contributed by atoms with Crippen molar-refractivity contribution in [2.24, 2.45) is 5.41 Å². The van der Waals surface area contributed by atoms with Gasteiger partial charge in [-0.2, -0.15) is 0 Å². The summed E-state index contributed by atoms with van der Waals surface area (Å²) in [5.74, 6) is 0.0341. The second-order valence-corrected chi connectivity index (χ2v) is 6.63. The van der Waals surface area contributed by atoms with Crippen molar-refractivity contribution in [2.75, 3.05) is 25.1 Å². The largest absolute Gasteiger partial charge is 0.378 e. The molecule has 1 aromatic rings. The van der Waals surface area contributed by atoms with Gasteiger partial charge >= 0.3 is 0 Å². The van der Waals surface area contributed by atoms with Crippen LogP contribution in [0.3, 0.4) is 0 Å². The van der Waals surface area contributed by atoms with Crippen molar-refractivity contribution in [3.63, 3.8) is 0 Å². The van der Waals surface area contributed by atoms with Crippen molar-refractivity contribution < 1.29 is 14.3 Å². The van der Waals surface area contributed by atoms with Gasteiger partial charge < -0.3 is 15.4 Å². The molecule has 0 spiro atoms. The van der Waals surface area contributed by atoms with Crippen LogP contribution >= 0.6 is 12.4 Å². The number of Topliss-reactive ketones (excluding diaryl/α,β-unsaturated/α-hetero) is 1. The maximum Gasteiger partial charge on any atom is 0.226 e. The maximum absolute atomic E-state index is 12.2. The number of ether oxygens (including phenoxy) is 1. The van der Waals surface area contributed by atoms with E-state index in [4.69, 9.17) is 4.74 Å². The normalized spacial score (nSPS) is 18.0. The first-order valence-corrected chi connectivity index (χ1v) is 7.62. The van der Waals surface area contributed by atoms with Crippen molar-refractivity contribution in [3.05, 3.63) is 29.8 Å². The third kappa shape index (κ3) is 5.94. The smallest absolute Gasteiger partial charge is 0.226 e. The fourth-order valence-corrected chi connectivity index (χ4v) is 2.32. The van der Waals surface area contributed by atoms with Crippen LogP contribution in [0.5, 0.6) is 0 Å². The predicted molar refractivity (Wildman–Crippen MR) is 93.3 cm³/mol. The Morgan fingerprint density at radius 2 is 1.91 bits per heavy atom. The van der Waals surface area contributed by atoms with E-state index >= 15 is 0 Å². The average molecular weight is 341 g/mol. The highest BCUT2D eigenvalue weighted by molar-refractivity contribution is 6.00. The molecule has 1 aliphatic heterocycles. The number of halogens is 1. The molecule has 0 radical (unpaired) electrons. The highest BCUT2D eigenvalue weighted by Gasteiger charge is 2.22. The summed E-state index contributed by atoms with van der Waals surface area (Å²) < 4.78 is 5.33. The molecule has 0 aromatic heterocycles. The van der Waals surface area contributed by atoms with Crippen LogP contribution in [-0.2, 0) is 9.53 Å². The summed E-state index contributed by atoms with van der Waals surface area (Å²) in [4.78, 5) is 24.1. The van der Waals surface area contributed by atoms with E-state index in [1.54, 1.807) is 24.3 Å². The molecule has 1 heterocycles. The minimum Gasteiger partial charge on any atom is -0.378 e. The molecule has 1 aromatic carbocycles. The van der Waals surface area contributed by atoms with E-state index in [0.29, 0.717) is 30.9 Å². The van der Waals surface area contributed by atoms with Gasteiger partial charge in [-0.25, -0.2) is 0 Å². The molecule has 1 unspecified atom stereocenters. The Morgan fingerprint density at radius 1 is 1.26 bits per heavy atom. The van der Waals surface area contributed by atoms with Gasteiger partial charge in [-0.1, -0.05) is 20.8 Å². The van der Waals surface area contributed by atoms with Gasteiger partial charge in [0.2, 0.25) is 5.91 Å². The molecule has 2 rings (SSSR count). The van der Waals surface area contributed by atoms with Crippen LogP contribution in [0.1, 0.15) is 37.6 Å². The standard InChI is InChI=1S/C17H24N2O3.ClH/c1-17(2,3)16(21)12-4-6-13(7-5-12)19-15(20)10-14-11-22-9-8-18-14;/h4-7,14,18H,8-11H2,1-3H3,(H,19,20);1H. The Hall–Kier alpha value is -1.43. The molecule has 1 fully saturated rings. The number of hydrogen-bond acceptors (Lipinski definition) is 4. The monoisotopic (exact) mass is 340 g/mol. The van der Waals surface area contributed by atoms with E-state index < -0.39 is 5.41 Å². The summed E-state index contributed by atoms with van der Waals surface area (Å²) in [6.07, 6.45) is 0.378. The Morgan fingerprint density at radius 3 is 2.43 bits per heavy atom. The number of morpholine rings is 1. The molecule has 23 heavy (non-hydrogen) atoms. The molecule has 0 saturated carbocycles. The van der Waals surface area contributed by atoms with Gasteiger partial charge in [-0.05, 0) is 24.3 Å². The van der Waals surface area contributed by atoms with E-state index in [-0.39, 0.29) is 30.1 Å². The molecular formula is C17H25ClN2O3. The van der Waals surface area contributed by atoms with Gasteiger partial charge in [-0.3, -0.25) is 9.59 Å². The van der Waals surface area contributed by atoms with Crippen LogP contribution in [-0.4, -0.2) is 37.5 Å². The van der Waals surface area contributed by atoms with Crippen LogP contribution in [0.2, 0.25) is 0 Å². The Kier molecular flexibility index (Phi) is 7.19. The molecule has 5 nitrogen and oxygen atoms in total. The zero-order valence-corrected chi connectivity index (χ0v) is 14.7. The molecule has 6 heteroatoms. The number of amides is 1. The Bertz CT molecular complexity index is 532. The molecule has 0 bridgehead atoms. The van der Waals surface area contributed by atoms with E-state index in [1.165, 1.54) is 0 Å². The van der Waals surface area contributed by atoms with Gasteiger partial charge in [0.25, 0.3) is 0 Å². The number of ketones is 1. The number of hydrogen-bond donors (Lipinski definition) is 2. The third-order valence-electron chi connectivity index (χ3n) is 3.54. The summed E-state index contributed by atoms with van der Waals surface area (Å²) in [6.45, 7) is 7.72. The van der Waals surface area contributed by atoms with Gasteiger partial charge in [0, 0.05) is 35.7 Å². The lowest BCUT2D eigenvalue weighted by atomic mass is 9.86. The van der Waals surface area contributed by atoms with E-state index in [9.17, 15) is 9.59 Å². The fourth-order valence-electron chi connectivity index (χ4n) is 2.32. The van der Waals surface area contributed by atoms with Crippen LogP contribution in [0.4, 0.5) is 5.69 Å². The number of anilines is 1. The third-order valence-corrected chi connectivity index (χ3v) is 3.54. The first kappa shape index (κ1) is 19.6. The second-order valence-electron chi connectivity index (χ2n) is 6.63. The zero-order chi connectivity index (χ0) is 16.2. The maximum atomic E-state index is 12.2. The highest BCUT2D eigenvalue weighted by Crippen LogP contribution is 2.22. The summed E-state index contributed by atoms with van der Waals surface area (Å²) in [7, 11) is 0. The van der Waals surface area contributed by atoms with Crippen molar-refractivity contribution in [1.82, 2.24) is 5.32 Å². The zero-order valence-electron chi connectivity index (χ0n) is 13.8. The molecule has 0 aliphatic carbocycles. The predicted octanol–water partition coefficient (Wildman–Crippen LogP) is 2.65. The van der Waals surface area contributed by atoms with Crippen LogP contribution < -0.4 is 10.6 Å². The summed E-state index contributed by atoms with van der Waals surface area (Å²) in [5.41, 5.74) is 0.956. The molecule has 2 N–H and O–H groups in total. The number of benzene rings is 1. The summed E-state index contributed by atoms with van der Waals surface area (Å²) in [5, 5.41) is 6.09. The van der Waals surface area contributed by atoms with E-state index in [2.05, 4.69) is 10.6 Å². The summed E-state index contributed by atoms with van der Waals surface area (Å²) in [6, 6.07) is 7.11. The molecular weight excluding hydrogens is 316 g/mol. The van der Waals surface area contributed by atoms with Crippen molar-refractivity contribution in [3.8, 4) is 0 Å². The second kappa shape index (κ2) is 8.43. The lowest BCUT2D eigenvalue weighted by molar-refractivity contribution is -0.117. The van der Waals surface area contributed by atoms with Crippen molar-refractivity contribution in [2.45, 2.75) is 33.2 Å². The Labute approximate surface area is 143 Å².